The second kappa shape index (κ2) is 8.65. The van der Waals surface area contributed by atoms with Crippen molar-refractivity contribution in [1.82, 2.24) is 9.80 Å². The zero-order valence-electron chi connectivity index (χ0n) is 17.4. The minimum Gasteiger partial charge on any atom is -0.369 e. The Morgan fingerprint density at radius 1 is 1.14 bits per heavy atom. The number of nitrogens with zero attached hydrogens (tertiary/aromatic N) is 3. The standard InChI is InChI=1S/C23H32ClN3O2/c1-18-5-3-8-23(16-18)17-21(28)27(22(23)29)10-4-9-25-11-13-26(14-12-25)20-7-2-6-19(24)15-20/h2,6-7,15,18H,3-5,8-14,16-17H2,1H3. The van der Waals surface area contributed by atoms with Crippen molar-refractivity contribution in [2.45, 2.75) is 45.4 Å². The highest BCUT2D eigenvalue weighted by Crippen LogP contribution is 2.47. The van der Waals surface area contributed by atoms with Gasteiger partial charge in [-0.2, -0.15) is 0 Å². The first-order valence-corrected chi connectivity index (χ1v) is 11.4. The number of carbonyl (C=O) groups excluding carboxylic acids is 2. The van der Waals surface area contributed by atoms with Crippen LogP contribution in [0.25, 0.3) is 0 Å². The molecule has 0 N–H and O–H groups in total. The Balaban J connectivity index is 1.24. The maximum Gasteiger partial charge on any atom is 0.235 e. The summed E-state index contributed by atoms with van der Waals surface area (Å²) in [6.07, 6.45) is 5.34. The maximum atomic E-state index is 13.0. The third kappa shape index (κ3) is 4.46. The molecule has 1 saturated carbocycles. The molecule has 158 valence electrons. The smallest absolute Gasteiger partial charge is 0.235 e. The molecule has 1 aliphatic carbocycles. The van der Waals surface area contributed by atoms with Crippen LogP contribution in [0.4, 0.5) is 5.69 Å². The Hall–Kier alpha value is -1.59. The van der Waals surface area contributed by atoms with Gasteiger partial charge in [0.05, 0.1) is 5.41 Å². The van der Waals surface area contributed by atoms with Crippen LogP contribution in [0.2, 0.25) is 5.02 Å². The zero-order valence-corrected chi connectivity index (χ0v) is 18.2. The SMILES string of the molecule is CC1CCCC2(CC(=O)N(CCCN3CCN(c4cccc(Cl)c4)CC3)C2=O)C1. The molecular weight excluding hydrogens is 386 g/mol. The first-order valence-electron chi connectivity index (χ1n) is 11.0. The van der Waals surface area contributed by atoms with E-state index in [2.05, 4.69) is 22.8 Å². The van der Waals surface area contributed by atoms with E-state index < -0.39 is 0 Å². The Kier molecular flexibility index (Phi) is 6.16. The topological polar surface area (TPSA) is 43.9 Å². The van der Waals surface area contributed by atoms with Gasteiger partial charge in [-0.3, -0.25) is 19.4 Å². The summed E-state index contributed by atoms with van der Waals surface area (Å²) in [6, 6.07) is 8.02. The highest BCUT2D eigenvalue weighted by Gasteiger charge is 2.52. The number of hydrogen-bond donors (Lipinski definition) is 0. The summed E-state index contributed by atoms with van der Waals surface area (Å²) >= 11 is 6.11. The average molecular weight is 418 g/mol. The number of likely N-dealkylation sites (tertiary alicyclic amines) is 1. The van der Waals surface area contributed by atoms with E-state index in [0.717, 1.165) is 63.4 Å². The summed E-state index contributed by atoms with van der Waals surface area (Å²) in [4.78, 5) is 31.9. The third-order valence-corrected chi connectivity index (χ3v) is 7.22. The number of hydrogen-bond acceptors (Lipinski definition) is 4. The molecule has 0 bridgehead atoms. The molecule has 3 aliphatic rings. The van der Waals surface area contributed by atoms with E-state index in [-0.39, 0.29) is 17.2 Å². The van der Waals surface area contributed by atoms with Crippen molar-refractivity contribution in [3.63, 3.8) is 0 Å². The van der Waals surface area contributed by atoms with Crippen LogP contribution >= 0.6 is 11.6 Å². The van der Waals surface area contributed by atoms with E-state index in [1.165, 1.54) is 12.1 Å². The van der Waals surface area contributed by atoms with Gasteiger partial charge in [-0.15, -0.1) is 0 Å². The molecule has 29 heavy (non-hydrogen) atoms. The van der Waals surface area contributed by atoms with Gasteiger partial charge in [-0.25, -0.2) is 0 Å². The first kappa shape index (κ1) is 20.7. The van der Waals surface area contributed by atoms with Crippen molar-refractivity contribution in [2.75, 3.05) is 44.2 Å². The number of carbonyl (C=O) groups is 2. The molecular formula is C23H32ClN3O2. The fourth-order valence-corrected chi connectivity index (χ4v) is 5.64. The van der Waals surface area contributed by atoms with Gasteiger partial charge in [0, 0.05) is 49.9 Å². The largest absolute Gasteiger partial charge is 0.369 e. The van der Waals surface area contributed by atoms with Gasteiger partial charge in [0.2, 0.25) is 11.8 Å². The molecule has 2 heterocycles. The van der Waals surface area contributed by atoms with Gasteiger partial charge in [-0.1, -0.05) is 37.4 Å². The van der Waals surface area contributed by atoms with Crippen LogP contribution in [0.15, 0.2) is 24.3 Å². The first-order chi connectivity index (χ1) is 14.0. The lowest BCUT2D eigenvalue weighted by atomic mass is 9.69. The minimum atomic E-state index is -0.378. The van der Waals surface area contributed by atoms with E-state index in [9.17, 15) is 9.59 Å². The molecule has 1 aromatic carbocycles. The summed E-state index contributed by atoms with van der Waals surface area (Å²) < 4.78 is 0. The maximum absolute atomic E-state index is 13.0. The molecule has 0 aromatic heterocycles. The molecule has 2 amide bonds. The Morgan fingerprint density at radius 3 is 2.66 bits per heavy atom. The predicted molar refractivity (Wildman–Crippen MR) is 116 cm³/mol. The molecule has 2 unspecified atom stereocenters. The second-order valence-electron chi connectivity index (χ2n) is 9.17. The lowest BCUT2D eigenvalue weighted by Gasteiger charge is -2.36. The monoisotopic (exact) mass is 417 g/mol. The van der Waals surface area contributed by atoms with E-state index in [0.29, 0.717) is 18.9 Å². The van der Waals surface area contributed by atoms with Crippen LogP contribution in [0.3, 0.4) is 0 Å². The lowest BCUT2D eigenvalue weighted by molar-refractivity contribution is -0.142. The minimum absolute atomic E-state index is 0.0508. The van der Waals surface area contributed by atoms with E-state index >= 15 is 0 Å². The van der Waals surface area contributed by atoms with Crippen LogP contribution in [0.1, 0.15) is 45.4 Å². The summed E-state index contributed by atoms with van der Waals surface area (Å²) in [5.74, 6) is 0.714. The van der Waals surface area contributed by atoms with Crippen LogP contribution in [0, 0.1) is 11.3 Å². The lowest BCUT2D eigenvalue weighted by Crippen LogP contribution is -2.47. The number of halogens is 1. The molecule has 2 atom stereocenters. The molecule has 3 fully saturated rings. The highest BCUT2D eigenvalue weighted by atomic mass is 35.5. The number of imide groups is 1. The fraction of sp³-hybridized carbons (Fsp3) is 0.652. The van der Waals surface area contributed by atoms with Crippen molar-refractivity contribution < 1.29 is 9.59 Å². The normalized spacial score (nSPS) is 28.6. The van der Waals surface area contributed by atoms with Gasteiger partial charge < -0.3 is 4.90 Å². The van der Waals surface area contributed by atoms with Gasteiger partial charge in [0.1, 0.15) is 0 Å². The van der Waals surface area contributed by atoms with Crippen molar-refractivity contribution in [2.24, 2.45) is 11.3 Å². The van der Waals surface area contributed by atoms with E-state index in [4.69, 9.17) is 11.6 Å². The van der Waals surface area contributed by atoms with Crippen LogP contribution in [-0.4, -0.2) is 60.9 Å². The van der Waals surface area contributed by atoms with Crippen molar-refractivity contribution in [3.05, 3.63) is 29.3 Å². The molecule has 0 radical (unpaired) electrons. The Morgan fingerprint density at radius 2 is 1.93 bits per heavy atom. The number of anilines is 1. The summed E-state index contributed by atoms with van der Waals surface area (Å²) in [6.45, 7) is 7.66. The average Bonchev–Trinajstić information content (AvgIpc) is 2.92. The second-order valence-corrected chi connectivity index (χ2v) is 9.61. The van der Waals surface area contributed by atoms with E-state index in [1.54, 1.807) is 4.90 Å². The van der Waals surface area contributed by atoms with Crippen molar-refractivity contribution in [1.29, 1.82) is 0 Å². The van der Waals surface area contributed by atoms with Gasteiger partial charge in [0.25, 0.3) is 0 Å². The van der Waals surface area contributed by atoms with E-state index in [1.807, 2.05) is 18.2 Å². The molecule has 4 rings (SSSR count). The quantitative estimate of drug-likeness (QED) is 0.683. The van der Waals surface area contributed by atoms with Gasteiger partial charge in [-0.05, 0) is 49.9 Å². The van der Waals surface area contributed by atoms with Gasteiger partial charge in [0.15, 0.2) is 0 Å². The Bertz CT molecular complexity index is 762. The molecule has 1 spiro atoms. The fourth-order valence-electron chi connectivity index (χ4n) is 5.46. The molecule has 2 aliphatic heterocycles. The summed E-state index contributed by atoms with van der Waals surface area (Å²) in [7, 11) is 0. The van der Waals surface area contributed by atoms with Crippen LogP contribution < -0.4 is 4.90 Å². The molecule has 2 saturated heterocycles. The van der Waals surface area contributed by atoms with Crippen molar-refractivity contribution >= 4 is 29.1 Å². The number of piperazine rings is 1. The number of benzene rings is 1. The van der Waals surface area contributed by atoms with Gasteiger partial charge >= 0.3 is 0 Å². The summed E-state index contributed by atoms with van der Waals surface area (Å²) in [5, 5.41) is 0.773. The highest BCUT2D eigenvalue weighted by molar-refractivity contribution is 6.30. The third-order valence-electron chi connectivity index (χ3n) is 6.98. The van der Waals surface area contributed by atoms with Crippen LogP contribution in [-0.2, 0) is 9.59 Å². The molecule has 6 heteroatoms. The van der Waals surface area contributed by atoms with Crippen molar-refractivity contribution in [3.8, 4) is 0 Å². The molecule has 1 aromatic rings. The number of amides is 2. The molecule has 5 nitrogen and oxygen atoms in total. The Labute approximate surface area is 179 Å². The summed E-state index contributed by atoms with van der Waals surface area (Å²) in [5.41, 5.74) is 0.801. The van der Waals surface area contributed by atoms with Crippen LogP contribution in [0.5, 0.6) is 0 Å². The number of rotatable bonds is 5. The predicted octanol–water partition coefficient (Wildman–Crippen LogP) is 3.81. The zero-order chi connectivity index (χ0) is 20.4.